The zero-order chi connectivity index (χ0) is 13.8. The average Bonchev–Trinajstić information content (AvgIpc) is 2.87. The molecule has 7 heteroatoms. The topological polar surface area (TPSA) is 97.8 Å². The Morgan fingerprint density at radius 3 is 2.70 bits per heavy atom. The largest absolute Gasteiger partial charge is 0.469 e. The Morgan fingerprint density at radius 2 is 2.15 bits per heavy atom. The van der Waals surface area contributed by atoms with Crippen molar-refractivity contribution in [3.05, 3.63) is 35.4 Å². The van der Waals surface area contributed by atoms with Gasteiger partial charge in [-0.25, -0.2) is 0 Å². The Morgan fingerprint density at radius 1 is 1.50 bits per heavy atom. The third kappa shape index (κ3) is 3.71. The number of amidine groups is 1. The molecule has 108 valence electrons. The molecule has 1 aliphatic heterocycles. The van der Waals surface area contributed by atoms with Crippen LogP contribution in [-0.4, -0.2) is 30.7 Å². The molecule has 20 heavy (non-hydrogen) atoms. The lowest BCUT2D eigenvalue weighted by Gasteiger charge is -2.05. The number of nitrogen functional groups attached to an aromatic ring is 1. The Hall–Kier alpha value is -2.08. The predicted octanol–water partition coefficient (Wildman–Crippen LogP) is 1.45. The minimum Gasteiger partial charge on any atom is -0.469 e. The molecule has 0 bridgehead atoms. The highest BCUT2D eigenvalue weighted by atomic mass is 35.5. The number of carbonyl (C=O) groups excluding carboxylic acids is 1. The van der Waals surface area contributed by atoms with E-state index in [2.05, 4.69) is 9.89 Å². The lowest BCUT2D eigenvalue weighted by atomic mass is 10.0. The molecule has 0 spiro atoms. The van der Waals surface area contributed by atoms with Gasteiger partial charge in [0, 0.05) is 12.0 Å². The van der Waals surface area contributed by atoms with Crippen molar-refractivity contribution in [2.45, 2.75) is 18.9 Å². The van der Waals surface area contributed by atoms with E-state index in [4.69, 9.17) is 16.0 Å². The van der Waals surface area contributed by atoms with Gasteiger partial charge in [0.15, 0.2) is 0 Å². The number of oxime groups is 1. The van der Waals surface area contributed by atoms with Crippen molar-refractivity contribution in [1.82, 2.24) is 0 Å². The number of halogens is 1. The first-order chi connectivity index (χ1) is 9.10. The van der Waals surface area contributed by atoms with Gasteiger partial charge in [-0.15, -0.1) is 12.4 Å². The SMILES string of the molecule is COC(=O)CC1CC(c2ccc(C(=N)N)cc2)=NO1.Cl. The first-order valence-corrected chi connectivity index (χ1v) is 5.84. The van der Waals surface area contributed by atoms with Gasteiger partial charge in [0.2, 0.25) is 0 Å². The van der Waals surface area contributed by atoms with Crippen LogP contribution in [0.5, 0.6) is 0 Å². The molecule has 3 N–H and O–H groups in total. The van der Waals surface area contributed by atoms with E-state index < -0.39 is 0 Å². The van der Waals surface area contributed by atoms with Gasteiger partial charge >= 0.3 is 5.97 Å². The summed E-state index contributed by atoms with van der Waals surface area (Å²) in [7, 11) is 1.35. The van der Waals surface area contributed by atoms with Gasteiger partial charge in [-0.3, -0.25) is 10.2 Å². The molecule has 2 rings (SSSR count). The standard InChI is InChI=1S/C13H15N3O3.ClH/c1-18-12(17)7-10-6-11(16-19-10)8-2-4-9(5-3-8)13(14)15;/h2-5,10H,6-7H2,1H3,(H3,14,15);1H. The smallest absolute Gasteiger partial charge is 0.309 e. The number of benzene rings is 1. The number of rotatable bonds is 4. The molecule has 0 aliphatic carbocycles. The molecule has 0 amide bonds. The van der Waals surface area contributed by atoms with E-state index in [9.17, 15) is 4.79 Å². The summed E-state index contributed by atoms with van der Waals surface area (Å²) in [5.74, 6) is -0.284. The predicted molar refractivity (Wildman–Crippen MR) is 77.4 cm³/mol. The van der Waals surface area contributed by atoms with Crippen molar-refractivity contribution in [2.24, 2.45) is 10.9 Å². The second kappa shape index (κ2) is 6.91. The van der Waals surface area contributed by atoms with Gasteiger partial charge in [-0.05, 0) is 5.56 Å². The Bertz CT molecular complexity index is 528. The molecule has 1 aliphatic rings. The van der Waals surface area contributed by atoms with E-state index in [0.717, 1.165) is 11.3 Å². The van der Waals surface area contributed by atoms with Gasteiger partial charge < -0.3 is 15.3 Å². The minimum atomic E-state index is -0.312. The van der Waals surface area contributed by atoms with Gasteiger partial charge in [0.05, 0.1) is 19.2 Å². The molecule has 0 radical (unpaired) electrons. The second-order valence-corrected chi connectivity index (χ2v) is 4.24. The van der Waals surface area contributed by atoms with Crippen LogP contribution in [0.3, 0.4) is 0 Å². The minimum absolute atomic E-state index is 0. The molecule has 0 aromatic heterocycles. The van der Waals surface area contributed by atoms with Crippen LogP contribution in [0.25, 0.3) is 0 Å². The van der Waals surface area contributed by atoms with Crippen LogP contribution in [0.1, 0.15) is 24.0 Å². The maximum Gasteiger partial charge on any atom is 0.309 e. The first-order valence-electron chi connectivity index (χ1n) is 5.84. The van der Waals surface area contributed by atoms with E-state index in [1.54, 1.807) is 12.1 Å². The zero-order valence-corrected chi connectivity index (χ0v) is 11.8. The molecular formula is C13H16ClN3O3. The number of carbonyl (C=O) groups is 1. The lowest BCUT2D eigenvalue weighted by Crippen LogP contribution is -2.15. The maximum atomic E-state index is 11.1. The average molecular weight is 298 g/mol. The van der Waals surface area contributed by atoms with Crippen LogP contribution in [0.15, 0.2) is 29.4 Å². The van der Waals surface area contributed by atoms with Crippen molar-refractivity contribution in [2.75, 3.05) is 7.11 Å². The van der Waals surface area contributed by atoms with Crippen molar-refractivity contribution in [3.63, 3.8) is 0 Å². The summed E-state index contributed by atoms with van der Waals surface area (Å²) in [5.41, 5.74) is 7.73. The third-order valence-corrected chi connectivity index (χ3v) is 2.88. The summed E-state index contributed by atoms with van der Waals surface area (Å²) < 4.78 is 4.59. The van der Waals surface area contributed by atoms with Gasteiger partial charge in [0.1, 0.15) is 11.9 Å². The molecule has 0 fully saturated rings. The monoisotopic (exact) mass is 297 g/mol. The fourth-order valence-corrected chi connectivity index (χ4v) is 1.82. The van der Waals surface area contributed by atoms with Crippen LogP contribution in [0.2, 0.25) is 0 Å². The third-order valence-electron chi connectivity index (χ3n) is 2.88. The summed E-state index contributed by atoms with van der Waals surface area (Å²) in [4.78, 5) is 16.3. The maximum absolute atomic E-state index is 11.1. The number of esters is 1. The molecular weight excluding hydrogens is 282 g/mol. The second-order valence-electron chi connectivity index (χ2n) is 4.24. The summed E-state index contributed by atoms with van der Waals surface area (Å²) in [5, 5.41) is 11.3. The number of hydrogen-bond acceptors (Lipinski definition) is 5. The van der Waals surface area contributed by atoms with Crippen LogP contribution in [-0.2, 0) is 14.4 Å². The summed E-state index contributed by atoms with van der Waals surface area (Å²) in [6.45, 7) is 0. The van der Waals surface area contributed by atoms with E-state index >= 15 is 0 Å². The number of nitrogens with two attached hydrogens (primary N) is 1. The Labute approximate surface area is 122 Å². The molecule has 1 unspecified atom stereocenters. The quantitative estimate of drug-likeness (QED) is 0.499. The zero-order valence-electron chi connectivity index (χ0n) is 11.0. The van der Waals surface area contributed by atoms with Crippen LogP contribution < -0.4 is 5.73 Å². The van der Waals surface area contributed by atoms with Crippen molar-refractivity contribution in [1.29, 1.82) is 5.41 Å². The Balaban J connectivity index is 0.00000200. The molecule has 1 aromatic rings. The lowest BCUT2D eigenvalue weighted by molar-refractivity contribution is -0.143. The summed E-state index contributed by atoms with van der Waals surface area (Å²) >= 11 is 0. The van der Waals surface area contributed by atoms with E-state index in [1.165, 1.54) is 7.11 Å². The molecule has 0 saturated heterocycles. The molecule has 0 saturated carbocycles. The van der Waals surface area contributed by atoms with Crippen molar-refractivity contribution < 1.29 is 14.4 Å². The number of nitrogens with zero attached hydrogens (tertiary/aromatic N) is 1. The summed E-state index contributed by atoms with van der Waals surface area (Å²) in [6.07, 6.45) is 0.485. The van der Waals surface area contributed by atoms with Crippen LogP contribution in [0, 0.1) is 5.41 Å². The van der Waals surface area contributed by atoms with E-state index in [0.29, 0.717) is 12.0 Å². The highest BCUT2D eigenvalue weighted by molar-refractivity contribution is 6.02. The summed E-state index contributed by atoms with van der Waals surface area (Å²) in [6, 6.07) is 7.18. The number of ether oxygens (including phenoxy) is 1. The molecule has 1 atom stereocenters. The molecule has 1 aromatic carbocycles. The van der Waals surface area contributed by atoms with Gasteiger partial charge in [0.25, 0.3) is 0 Å². The number of methoxy groups -OCH3 is 1. The van der Waals surface area contributed by atoms with Crippen LogP contribution in [0.4, 0.5) is 0 Å². The van der Waals surface area contributed by atoms with E-state index in [-0.39, 0.29) is 36.7 Å². The number of hydrogen-bond donors (Lipinski definition) is 2. The fourth-order valence-electron chi connectivity index (χ4n) is 1.82. The van der Waals surface area contributed by atoms with Crippen molar-refractivity contribution >= 4 is 29.9 Å². The first kappa shape index (κ1) is 16.0. The Kier molecular flexibility index (Phi) is 5.52. The van der Waals surface area contributed by atoms with E-state index in [1.807, 2.05) is 12.1 Å². The molecule has 6 nitrogen and oxygen atoms in total. The van der Waals surface area contributed by atoms with Crippen molar-refractivity contribution in [3.8, 4) is 0 Å². The normalized spacial score (nSPS) is 16.6. The fraction of sp³-hybridized carbons (Fsp3) is 0.308. The highest BCUT2D eigenvalue weighted by Gasteiger charge is 2.25. The van der Waals surface area contributed by atoms with Gasteiger partial charge in [-0.2, -0.15) is 0 Å². The molecule has 1 heterocycles. The van der Waals surface area contributed by atoms with Gasteiger partial charge in [-0.1, -0.05) is 29.4 Å². The number of nitrogens with one attached hydrogen (secondary N) is 1. The highest BCUT2D eigenvalue weighted by Crippen LogP contribution is 2.19. The van der Waals surface area contributed by atoms with Crippen LogP contribution >= 0.6 is 12.4 Å².